The Labute approximate surface area is 93.7 Å². The molecule has 0 radical (unpaired) electrons. The van der Waals surface area contributed by atoms with Crippen LogP contribution < -0.4 is 5.32 Å². The van der Waals surface area contributed by atoms with E-state index in [1.165, 1.54) is 19.2 Å². The fraction of sp³-hybridized carbons (Fsp3) is 0.364. The zero-order valence-electron chi connectivity index (χ0n) is 9.23. The van der Waals surface area contributed by atoms with Crippen LogP contribution >= 0.6 is 0 Å². The first-order chi connectivity index (χ1) is 7.54. The number of carbonyl (C=O) groups excluding carboxylic acids is 1. The molecule has 16 heavy (non-hydrogen) atoms. The summed E-state index contributed by atoms with van der Waals surface area (Å²) in [5.74, 6) is -0.683. The number of nitrogens with one attached hydrogen (secondary N) is 1. The van der Waals surface area contributed by atoms with Gasteiger partial charge in [-0.3, -0.25) is 4.79 Å². The minimum absolute atomic E-state index is 0.162. The van der Waals surface area contributed by atoms with Crippen LogP contribution in [-0.4, -0.2) is 29.3 Å². The van der Waals surface area contributed by atoms with E-state index in [4.69, 9.17) is 5.11 Å². The molecular formula is C11H15NO4. The van der Waals surface area contributed by atoms with Gasteiger partial charge in [-0.05, 0) is 24.6 Å². The second-order valence-corrected chi connectivity index (χ2v) is 3.45. The number of phenols is 2. The van der Waals surface area contributed by atoms with Crippen LogP contribution in [0.2, 0.25) is 0 Å². The van der Waals surface area contributed by atoms with E-state index in [1.807, 2.05) is 0 Å². The van der Waals surface area contributed by atoms with E-state index in [-0.39, 0.29) is 17.5 Å². The third kappa shape index (κ3) is 3.13. The molecular weight excluding hydrogens is 210 g/mol. The number of phenolic OH excluding ortho intramolecular Hbond substituents is 2. The van der Waals surface area contributed by atoms with Crippen molar-refractivity contribution in [2.45, 2.75) is 19.5 Å². The monoisotopic (exact) mass is 225 g/mol. The van der Waals surface area contributed by atoms with E-state index in [9.17, 15) is 9.90 Å². The first kappa shape index (κ1) is 12.3. The van der Waals surface area contributed by atoms with Gasteiger partial charge in [-0.2, -0.15) is 0 Å². The van der Waals surface area contributed by atoms with Crippen LogP contribution in [-0.2, 0) is 16.1 Å². The lowest BCUT2D eigenvalue weighted by atomic mass is 10.2. The van der Waals surface area contributed by atoms with Crippen LogP contribution in [0.1, 0.15) is 12.5 Å². The quantitative estimate of drug-likeness (QED) is 0.520. The average molecular weight is 225 g/mol. The summed E-state index contributed by atoms with van der Waals surface area (Å²) in [6, 6.07) is 4.08. The van der Waals surface area contributed by atoms with Crippen molar-refractivity contribution >= 4 is 5.97 Å². The zero-order chi connectivity index (χ0) is 12.1. The minimum Gasteiger partial charge on any atom is -0.504 e. The highest BCUT2D eigenvalue weighted by atomic mass is 16.5. The molecule has 0 aromatic heterocycles. The third-order valence-electron chi connectivity index (χ3n) is 2.21. The fourth-order valence-electron chi connectivity index (χ4n) is 1.21. The molecule has 1 rings (SSSR count). The highest BCUT2D eigenvalue weighted by Crippen LogP contribution is 2.24. The van der Waals surface area contributed by atoms with E-state index >= 15 is 0 Å². The highest BCUT2D eigenvalue weighted by molar-refractivity contribution is 5.75. The molecule has 0 saturated carbocycles. The molecule has 0 amide bonds. The lowest BCUT2D eigenvalue weighted by Gasteiger charge is -2.11. The van der Waals surface area contributed by atoms with Gasteiger partial charge < -0.3 is 20.3 Å². The Morgan fingerprint density at radius 3 is 2.69 bits per heavy atom. The molecule has 0 saturated heterocycles. The van der Waals surface area contributed by atoms with Gasteiger partial charge in [0.2, 0.25) is 0 Å². The summed E-state index contributed by atoms with van der Waals surface area (Å²) in [6.45, 7) is 2.09. The van der Waals surface area contributed by atoms with Crippen LogP contribution in [0.5, 0.6) is 11.5 Å². The molecule has 0 aliphatic carbocycles. The standard InChI is InChI=1S/C11H15NO4/c1-7(11(15)16-2)12-6-8-3-4-9(13)10(14)5-8/h3-5,7,12-14H,6H2,1-2H3. The number of carbonyl (C=O) groups is 1. The van der Waals surface area contributed by atoms with Crippen molar-refractivity contribution in [2.24, 2.45) is 0 Å². The van der Waals surface area contributed by atoms with E-state index in [0.29, 0.717) is 6.54 Å². The molecule has 88 valence electrons. The SMILES string of the molecule is COC(=O)C(C)NCc1ccc(O)c(O)c1. The van der Waals surface area contributed by atoms with E-state index in [2.05, 4.69) is 10.1 Å². The third-order valence-corrected chi connectivity index (χ3v) is 2.21. The number of esters is 1. The summed E-state index contributed by atoms with van der Waals surface area (Å²) in [7, 11) is 1.33. The predicted molar refractivity (Wildman–Crippen MR) is 58.1 cm³/mol. The molecule has 0 fully saturated rings. The topological polar surface area (TPSA) is 78.8 Å². The normalized spacial score (nSPS) is 12.1. The van der Waals surface area contributed by atoms with Crippen LogP contribution in [0.4, 0.5) is 0 Å². The summed E-state index contributed by atoms with van der Waals surface area (Å²) >= 11 is 0. The first-order valence-corrected chi connectivity index (χ1v) is 4.86. The lowest BCUT2D eigenvalue weighted by Crippen LogP contribution is -2.34. The Bertz CT molecular complexity index is 378. The second-order valence-electron chi connectivity index (χ2n) is 3.45. The van der Waals surface area contributed by atoms with Gasteiger partial charge >= 0.3 is 5.97 Å². The van der Waals surface area contributed by atoms with Crippen LogP contribution in [0, 0.1) is 0 Å². The maximum absolute atomic E-state index is 11.1. The second kappa shape index (κ2) is 5.37. The first-order valence-electron chi connectivity index (χ1n) is 4.86. The van der Waals surface area contributed by atoms with Gasteiger partial charge in [0, 0.05) is 6.54 Å². The molecule has 5 heteroatoms. The molecule has 1 atom stereocenters. The summed E-state index contributed by atoms with van der Waals surface area (Å²) in [5, 5.41) is 21.3. The van der Waals surface area contributed by atoms with Gasteiger partial charge in [-0.1, -0.05) is 6.07 Å². The largest absolute Gasteiger partial charge is 0.504 e. The van der Waals surface area contributed by atoms with Crippen LogP contribution in [0.3, 0.4) is 0 Å². The average Bonchev–Trinajstić information content (AvgIpc) is 2.29. The van der Waals surface area contributed by atoms with Crippen LogP contribution in [0.25, 0.3) is 0 Å². The number of hydrogen-bond donors (Lipinski definition) is 3. The molecule has 1 aromatic rings. The molecule has 0 aliphatic rings. The maximum atomic E-state index is 11.1. The lowest BCUT2D eigenvalue weighted by molar-refractivity contribution is -0.142. The number of rotatable bonds is 4. The van der Waals surface area contributed by atoms with Crippen LogP contribution in [0.15, 0.2) is 18.2 Å². The molecule has 1 unspecified atom stereocenters. The number of benzene rings is 1. The van der Waals surface area contributed by atoms with Crippen molar-refractivity contribution in [2.75, 3.05) is 7.11 Å². The van der Waals surface area contributed by atoms with Gasteiger partial charge in [-0.25, -0.2) is 0 Å². The maximum Gasteiger partial charge on any atom is 0.322 e. The minimum atomic E-state index is -0.416. The Balaban J connectivity index is 2.55. The van der Waals surface area contributed by atoms with E-state index in [0.717, 1.165) is 5.56 Å². The highest BCUT2D eigenvalue weighted by Gasteiger charge is 2.11. The molecule has 0 heterocycles. The Kier molecular flexibility index (Phi) is 4.13. The Morgan fingerprint density at radius 1 is 1.44 bits per heavy atom. The Hall–Kier alpha value is -1.75. The van der Waals surface area contributed by atoms with Crippen molar-refractivity contribution < 1.29 is 19.7 Å². The predicted octanol–water partition coefficient (Wildman–Crippen LogP) is 0.749. The number of hydrogen-bond acceptors (Lipinski definition) is 5. The van der Waals surface area contributed by atoms with Crippen molar-refractivity contribution in [3.05, 3.63) is 23.8 Å². The van der Waals surface area contributed by atoms with Gasteiger partial charge in [-0.15, -0.1) is 0 Å². The summed E-state index contributed by atoms with van der Waals surface area (Å²) < 4.78 is 4.55. The zero-order valence-corrected chi connectivity index (χ0v) is 9.23. The van der Waals surface area contributed by atoms with Gasteiger partial charge in [0.05, 0.1) is 7.11 Å². The smallest absolute Gasteiger partial charge is 0.322 e. The van der Waals surface area contributed by atoms with E-state index < -0.39 is 6.04 Å². The van der Waals surface area contributed by atoms with Crippen molar-refractivity contribution in [3.8, 4) is 11.5 Å². The van der Waals surface area contributed by atoms with Gasteiger partial charge in [0.15, 0.2) is 11.5 Å². The molecule has 3 N–H and O–H groups in total. The summed E-state index contributed by atoms with van der Waals surface area (Å²) in [4.78, 5) is 11.1. The van der Waals surface area contributed by atoms with Crippen molar-refractivity contribution in [1.29, 1.82) is 0 Å². The van der Waals surface area contributed by atoms with Crippen molar-refractivity contribution in [3.63, 3.8) is 0 Å². The molecule has 0 bridgehead atoms. The molecule has 0 aliphatic heterocycles. The summed E-state index contributed by atoms with van der Waals surface area (Å²) in [5.41, 5.74) is 0.769. The van der Waals surface area contributed by atoms with Gasteiger partial charge in [0.25, 0.3) is 0 Å². The molecule has 1 aromatic carbocycles. The number of ether oxygens (including phenoxy) is 1. The van der Waals surface area contributed by atoms with Crippen molar-refractivity contribution in [1.82, 2.24) is 5.32 Å². The Morgan fingerprint density at radius 2 is 2.12 bits per heavy atom. The van der Waals surface area contributed by atoms with Gasteiger partial charge in [0.1, 0.15) is 6.04 Å². The molecule has 0 spiro atoms. The fourth-order valence-corrected chi connectivity index (χ4v) is 1.21. The molecule has 5 nitrogen and oxygen atoms in total. The number of aromatic hydroxyl groups is 2. The summed E-state index contributed by atoms with van der Waals surface area (Å²) in [6.07, 6.45) is 0. The number of methoxy groups -OCH3 is 1. The van der Waals surface area contributed by atoms with E-state index in [1.54, 1.807) is 13.0 Å².